The van der Waals surface area contributed by atoms with Gasteiger partial charge in [-0.3, -0.25) is 0 Å². The van der Waals surface area contributed by atoms with Gasteiger partial charge in [-0.1, -0.05) is 24.8 Å². The van der Waals surface area contributed by atoms with E-state index in [-0.39, 0.29) is 24.1 Å². The van der Waals surface area contributed by atoms with Crippen LogP contribution in [-0.4, -0.2) is 35.0 Å². The number of rotatable bonds is 0. The Morgan fingerprint density at radius 3 is 2.88 bits per heavy atom. The van der Waals surface area contributed by atoms with Crippen LogP contribution in [0.5, 0.6) is 0 Å². The molecule has 0 radical (unpaired) electrons. The van der Waals surface area contributed by atoms with Crippen molar-refractivity contribution in [3.05, 3.63) is 36.0 Å². The minimum atomic E-state index is -0.654. The average molecular weight is 332 g/mol. The van der Waals surface area contributed by atoms with Crippen LogP contribution in [-0.2, 0) is 14.3 Å². The summed E-state index contributed by atoms with van der Waals surface area (Å²) in [5.41, 5.74) is 2.18. The summed E-state index contributed by atoms with van der Waals surface area (Å²) in [6, 6.07) is 0. The fraction of sp³-hybridized carbons (Fsp3) is 0.650. The van der Waals surface area contributed by atoms with E-state index in [1.807, 2.05) is 6.92 Å². The van der Waals surface area contributed by atoms with Crippen LogP contribution in [0.25, 0.3) is 0 Å². The molecule has 0 saturated carbocycles. The molecular formula is C20H28O4. The lowest BCUT2D eigenvalue weighted by molar-refractivity contribution is -0.139. The van der Waals surface area contributed by atoms with Gasteiger partial charge in [0.15, 0.2) is 0 Å². The fourth-order valence-electron chi connectivity index (χ4n) is 4.10. The molecule has 0 aromatic heterocycles. The number of aliphatic hydroxyl groups is 1. The number of aliphatic hydroxyl groups excluding tert-OH is 1. The van der Waals surface area contributed by atoms with Crippen molar-refractivity contribution in [1.82, 2.24) is 0 Å². The number of ether oxygens (including phenoxy) is 2. The Morgan fingerprint density at radius 2 is 2.12 bits per heavy atom. The van der Waals surface area contributed by atoms with E-state index in [1.54, 1.807) is 0 Å². The van der Waals surface area contributed by atoms with Crippen molar-refractivity contribution >= 4 is 5.97 Å². The highest BCUT2D eigenvalue weighted by molar-refractivity contribution is 5.90. The van der Waals surface area contributed by atoms with E-state index in [9.17, 15) is 9.90 Å². The summed E-state index contributed by atoms with van der Waals surface area (Å²) in [5.74, 6) is -0.486. The van der Waals surface area contributed by atoms with Crippen LogP contribution in [0.15, 0.2) is 36.0 Å². The molecule has 0 unspecified atom stereocenters. The molecule has 0 spiro atoms. The highest BCUT2D eigenvalue weighted by Crippen LogP contribution is 2.42. The van der Waals surface area contributed by atoms with Crippen LogP contribution in [0.1, 0.15) is 52.4 Å². The highest BCUT2D eigenvalue weighted by Gasteiger charge is 2.47. The van der Waals surface area contributed by atoms with Crippen LogP contribution in [0.3, 0.4) is 0 Å². The first-order chi connectivity index (χ1) is 11.3. The van der Waals surface area contributed by atoms with Crippen molar-refractivity contribution in [3.8, 4) is 0 Å². The number of hydrogen-bond donors (Lipinski definition) is 1. The number of esters is 1. The number of carbonyl (C=O) groups is 1. The third kappa shape index (κ3) is 3.22. The molecule has 1 N–H and O–H groups in total. The molecule has 5 atom stereocenters. The Balaban J connectivity index is 1.88. The second-order valence-corrected chi connectivity index (χ2v) is 7.74. The molecule has 132 valence electrons. The molecule has 0 amide bonds. The predicted molar refractivity (Wildman–Crippen MR) is 92.4 cm³/mol. The lowest BCUT2D eigenvalue weighted by Gasteiger charge is -2.33. The van der Waals surface area contributed by atoms with Crippen molar-refractivity contribution in [2.24, 2.45) is 5.92 Å². The summed E-state index contributed by atoms with van der Waals surface area (Å²) < 4.78 is 11.7. The third-order valence-electron chi connectivity index (χ3n) is 5.85. The molecule has 0 aromatic rings. The van der Waals surface area contributed by atoms with Gasteiger partial charge in [-0.25, -0.2) is 4.79 Å². The molecular weight excluding hydrogens is 304 g/mol. The van der Waals surface area contributed by atoms with Gasteiger partial charge in [0.05, 0.1) is 17.8 Å². The standard InChI is InChI=1S/C20H28O4/c1-12-6-5-7-13(2)16-8-9-20(4,24-16)18(21)11-15-14(3)19(22)23-17(15)10-12/h6,15-18,21H,2-3,5,7-11H2,1,4H3/b12-6+/t15-,16-,17-,18+,20-/m0/s1. The van der Waals surface area contributed by atoms with Gasteiger partial charge in [-0.15, -0.1) is 0 Å². The largest absolute Gasteiger partial charge is 0.458 e. The average Bonchev–Trinajstić information content (AvgIpc) is 3.04. The third-order valence-corrected chi connectivity index (χ3v) is 5.85. The molecule has 3 heterocycles. The molecule has 3 rings (SSSR count). The Labute approximate surface area is 144 Å². The first kappa shape index (κ1) is 17.4. The maximum Gasteiger partial charge on any atom is 0.334 e. The normalized spacial score (nSPS) is 43.1. The van der Waals surface area contributed by atoms with E-state index in [4.69, 9.17) is 9.47 Å². The summed E-state index contributed by atoms with van der Waals surface area (Å²) in [4.78, 5) is 12.0. The first-order valence-electron chi connectivity index (χ1n) is 8.89. The predicted octanol–water partition coefficient (Wildman–Crippen LogP) is 3.46. The molecule has 24 heavy (non-hydrogen) atoms. The number of hydrogen-bond acceptors (Lipinski definition) is 4. The Hall–Kier alpha value is -1.39. The van der Waals surface area contributed by atoms with Crippen LogP contribution in [0.2, 0.25) is 0 Å². The maximum absolute atomic E-state index is 12.0. The van der Waals surface area contributed by atoms with Gasteiger partial charge in [-0.05, 0) is 51.5 Å². The van der Waals surface area contributed by atoms with Crippen molar-refractivity contribution in [2.75, 3.05) is 0 Å². The quantitative estimate of drug-likeness (QED) is 0.419. The fourth-order valence-corrected chi connectivity index (χ4v) is 4.10. The summed E-state index contributed by atoms with van der Waals surface area (Å²) >= 11 is 0. The van der Waals surface area contributed by atoms with E-state index < -0.39 is 11.7 Å². The molecule has 2 saturated heterocycles. The SMILES string of the molecule is C=C1CC/C=C(\C)C[C@@H]2OC(=O)C(=C)[C@@H]2C[C@@H](O)[C@]2(C)CC[C@@H]1O2. The number of fused-ring (bicyclic) bond motifs is 3. The minimum Gasteiger partial charge on any atom is -0.458 e. The number of allylic oxidation sites excluding steroid dienone is 1. The molecule has 4 heteroatoms. The van der Waals surface area contributed by atoms with Crippen molar-refractivity contribution in [1.29, 1.82) is 0 Å². The monoisotopic (exact) mass is 332 g/mol. The highest BCUT2D eigenvalue weighted by atomic mass is 16.6. The van der Waals surface area contributed by atoms with Gasteiger partial charge in [0, 0.05) is 17.9 Å². The molecule has 0 aliphatic carbocycles. The summed E-state index contributed by atoms with van der Waals surface area (Å²) in [6.45, 7) is 12.1. The maximum atomic E-state index is 12.0. The van der Waals surface area contributed by atoms with Gasteiger partial charge >= 0.3 is 5.97 Å². The molecule has 4 nitrogen and oxygen atoms in total. The lowest BCUT2D eigenvalue weighted by Crippen LogP contribution is -2.41. The zero-order valence-corrected chi connectivity index (χ0v) is 14.7. The van der Waals surface area contributed by atoms with E-state index in [0.717, 1.165) is 31.3 Å². The van der Waals surface area contributed by atoms with Gasteiger partial charge in [0.25, 0.3) is 0 Å². The van der Waals surface area contributed by atoms with Crippen LogP contribution >= 0.6 is 0 Å². The van der Waals surface area contributed by atoms with E-state index in [2.05, 4.69) is 26.2 Å². The topological polar surface area (TPSA) is 55.8 Å². The molecule has 3 aliphatic heterocycles. The summed E-state index contributed by atoms with van der Waals surface area (Å²) in [6.07, 6.45) is 5.93. The van der Waals surface area contributed by atoms with Crippen molar-refractivity contribution in [3.63, 3.8) is 0 Å². The Morgan fingerprint density at radius 1 is 1.38 bits per heavy atom. The second-order valence-electron chi connectivity index (χ2n) is 7.74. The van der Waals surface area contributed by atoms with Gasteiger partial charge in [-0.2, -0.15) is 0 Å². The van der Waals surface area contributed by atoms with E-state index >= 15 is 0 Å². The van der Waals surface area contributed by atoms with Crippen LogP contribution in [0, 0.1) is 5.92 Å². The summed E-state index contributed by atoms with van der Waals surface area (Å²) in [5, 5.41) is 10.8. The molecule has 2 fully saturated rings. The zero-order chi connectivity index (χ0) is 17.5. The smallest absolute Gasteiger partial charge is 0.334 e. The molecule has 2 bridgehead atoms. The van der Waals surface area contributed by atoms with Crippen LogP contribution < -0.4 is 0 Å². The minimum absolute atomic E-state index is 0.0135. The Bertz CT molecular complexity index is 590. The zero-order valence-electron chi connectivity index (χ0n) is 14.7. The first-order valence-corrected chi connectivity index (χ1v) is 8.89. The van der Waals surface area contributed by atoms with Gasteiger partial charge < -0.3 is 14.6 Å². The molecule has 3 aliphatic rings. The van der Waals surface area contributed by atoms with Crippen molar-refractivity contribution in [2.45, 2.75) is 76.3 Å². The van der Waals surface area contributed by atoms with Crippen LogP contribution in [0.4, 0.5) is 0 Å². The van der Waals surface area contributed by atoms with Gasteiger partial charge in [0.1, 0.15) is 6.10 Å². The second kappa shape index (κ2) is 6.49. The van der Waals surface area contributed by atoms with E-state index in [1.165, 1.54) is 5.57 Å². The van der Waals surface area contributed by atoms with E-state index in [0.29, 0.717) is 18.4 Å². The lowest BCUT2D eigenvalue weighted by atomic mass is 9.82. The Kier molecular flexibility index (Phi) is 4.71. The number of carbonyl (C=O) groups excluding carboxylic acids is 1. The van der Waals surface area contributed by atoms with Crippen molar-refractivity contribution < 1.29 is 19.4 Å². The molecule has 0 aromatic carbocycles. The van der Waals surface area contributed by atoms with Gasteiger partial charge in [0.2, 0.25) is 0 Å². The summed E-state index contributed by atoms with van der Waals surface area (Å²) in [7, 11) is 0.